The summed E-state index contributed by atoms with van der Waals surface area (Å²) in [5.41, 5.74) is 0.280. The quantitative estimate of drug-likeness (QED) is 0.921. The van der Waals surface area contributed by atoms with Crippen LogP contribution in [0.3, 0.4) is 0 Å². The number of nitrogens with zero attached hydrogens (tertiary/aromatic N) is 1. The molecule has 0 aromatic heterocycles. The van der Waals surface area contributed by atoms with Crippen LogP contribution in [0.2, 0.25) is 0 Å². The Labute approximate surface area is 130 Å². The monoisotopic (exact) mass is 331 g/mol. The van der Waals surface area contributed by atoms with Crippen molar-refractivity contribution in [1.82, 2.24) is 4.90 Å². The lowest BCUT2D eigenvalue weighted by atomic mass is 10.0. The largest absolute Gasteiger partial charge is 0.484 e. The van der Waals surface area contributed by atoms with Gasteiger partial charge in [-0.15, -0.1) is 0 Å². The average Bonchev–Trinajstić information content (AvgIpc) is 2.86. The molecule has 0 aliphatic carbocycles. The van der Waals surface area contributed by atoms with Crippen molar-refractivity contribution in [3.05, 3.63) is 29.8 Å². The number of likely N-dealkylation sites (tertiary alicyclic amines) is 1. The third-order valence-electron chi connectivity index (χ3n) is 3.84. The lowest BCUT2D eigenvalue weighted by Crippen LogP contribution is -2.37. The van der Waals surface area contributed by atoms with Gasteiger partial charge in [0.1, 0.15) is 5.75 Å². The van der Waals surface area contributed by atoms with E-state index in [1.165, 1.54) is 29.2 Å². The molecule has 1 fully saturated rings. The lowest BCUT2D eigenvalue weighted by molar-refractivity contribution is -0.153. The Morgan fingerprint density at radius 2 is 1.91 bits per heavy atom. The third-order valence-corrected chi connectivity index (χ3v) is 3.84. The van der Waals surface area contributed by atoms with Gasteiger partial charge in [-0.3, -0.25) is 9.59 Å². The minimum Gasteiger partial charge on any atom is -0.484 e. The highest BCUT2D eigenvalue weighted by Crippen LogP contribution is 2.26. The van der Waals surface area contributed by atoms with Crippen LogP contribution in [0.4, 0.5) is 13.2 Å². The van der Waals surface area contributed by atoms with Crippen LogP contribution in [0.5, 0.6) is 5.75 Å². The van der Waals surface area contributed by atoms with E-state index < -0.39 is 30.7 Å². The van der Waals surface area contributed by atoms with Gasteiger partial charge in [-0.25, -0.2) is 0 Å². The number of hydrogen-bond donors (Lipinski definition) is 1. The molecule has 23 heavy (non-hydrogen) atoms. The molecule has 2 unspecified atom stereocenters. The highest BCUT2D eigenvalue weighted by molar-refractivity contribution is 5.95. The molecular formula is C15H16F3NO4. The van der Waals surface area contributed by atoms with Crippen LogP contribution >= 0.6 is 0 Å². The summed E-state index contributed by atoms with van der Waals surface area (Å²) >= 11 is 0. The Hall–Kier alpha value is -2.25. The maximum Gasteiger partial charge on any atom is 0.422 e. The van der Waals surface area contributed by atoms with Gasteiger partial charge in [0.25, 0.3) is 5.91 Å². The second-order valence-electron chi connectivity index (χ2n) is 5.40. The lowest BCUT2D eigenvalue weighted by Gasteiger charge is -2.23. The molecule has 0 bridgehead atoms. The summed E-state index contributed by atoms with van der Waals surface area (Å²) in [5, 5.41) is 9.07. The van der Waals surface area contributed by atoms with E-state index in [1.54, 1.807) is 6.92 Å². The van der Waals surface area contributed by atoms with Gasteiger partial charge in [-0.1, -0.05) is 0 Å². The fourth-order valence-electron chi connectivity index (χ4n) is 2.58. The van der Waals surface area contributed by atoms with Crippen molar-refractivity contribution in [2.24, 2.45) is 5.92 Å². The van der Waals surface area contributed by atoms with Gasteiger partial charge in [-0.05, 0) is 37.6 Å². The molecule has 0 radical (unpaired) electrons. The molecule has 1 heterocycles. The second kappa shape index (κ2) is 6.47. The van der Waals surface area contributed by atoms with Gasteiger partial charge in [0.05, 0.1) is 5.92 Å². The molecule has 1 amide bonds. The van der Waals surface area contributed by atoms with Crippen LogP contribution < -0.4 is 4.74 Å². The Morgan fingerprint density at radius 3 is 2.39 bits per heavy atom. The first-order valence-electron chi connectivity index (χ1n) is 7.02. The number of halogens is 3. The normalized spacial score (nSPS) is 21.3. The number of ether oxygens (including phenoxy) is 1. The number of amides is 1. The van der Waals surface area contributed by atoms with Crippen molar-refractivity contribution in [3.63, 3.8) is 0 Å². The minimum atomic E-state index is -4.43. The minimum absolute atomic E-state index is 0.0109. The average molecular weight is 331 g/mol. The van der Waals surface area contributed by atoms with Crippen LogP contribution in [0.1, 0.15) is 23.7 Å². The van der Waals surface area contributed by atoms with Crippen molar-refractivity contribution in [2.75, 3.05) is 13.2 Å². The first kappa shape index (κ1) is 17.1. The Kier molecular flexibility index (Phi) is 4.82. The van der Waals surface area contributed by atoms with Crippen molar-refractivity contribution < 1.29 is 32.6 Å². The predicted octanol–water partition coefficient (Wildman–Crippen LogP) is 2.56. The van der Waals surface area contributed by atoms with E-state index in [1.807, 2.05) is 0 Å². The Bertz CT molecular complexity index is 585. The van der Waals surface area contributed by atoms with Crippen molar-refractivity contribution in [3.8, 4) is 5.75 Å². The molecular weight excluding hydrogens is 315 g/mol. The number of alkyl halides is 3. The molecule has 8 heteroatoms. The number of carboxylic acids is 1. The molecule has 5 nitrogen and oxygen atoms in total. The standard InChI is InChI=1S/C15H16F3NO4/c1-9-12(14(21)22)6-7-19(9)13(20)10-2-4-11(5-3-10)23-8-15(16,17)18/h2-5,9,12H,6-8H2,1H3,(H,21,22). The van der Waals surface area contributed by atoms with Crippen LogP contribution in [0.25, 0.3) is 0 Å². The molecule has 126 valence electrons. The van der Waals surface area contributed by atoms with E-state index in [9.17, 15) is 22.8 Å². The smallest absolute Gasteiger partial charge is 0.422 e. The van der Waals surface area contributed by atoms with Gasteiger partial charge < -0.3 is 14.7 Å². The summed E-state index contributed by atoms with van der Waals surface area (Å²) < 4.78 is 40.8. The molecule has 1 aromatic rings. The predicted molar refractivity (Wildman–Crippen MR) is 74.2 cm³/mol. The summed E-state index contributed by atoms with van der Waals surface area (Å²) in [5.74, 6) is -1.88. The SMILES string of the molecule is CC1C(C(=O)O)CCN1C(=O)c1ccc(OCC(F)(F)F)cc1. The van der Waals surface area contributed by atoms with Crippen LogP contribution in [-0.4, -0.2) is 47.3 Å². The molecule has 2 atom stereocenters. The maximum absolute atomic E-state index is 12.4. The fourth-order valence-corrected chi connectivity index (χ4v) is 2.58. The molecule has 1 aromatic carbocycles. The number of carbonyl (C=O) groups excluding carboxylic acids is 1. The summed E-state index contributed by atoms with van der Waals surface area (Å²) in [6, 6.07) is 4.88. The van der Waals surface area contributed by atoms with Crippen LogP contribution in [0.15, 0.2) is 24.3 Å². The zero-order chi connectivity index (χ0) is 17.2. The van der Waals surface area contributed by atoms with E-state index >= 15 is 0 Å². The van der Waals surface area contributed by atoms with Crippen molar-refractivity contribution in [2.45, 2.75) is 25.6 Å². The van der Waals surface area contributed by atoms with E-state index in [-0.39, 0.29) is 17.2 Å². The summed E-state index contributed by atoms with van der Waals surface area (Å²) in [4.78, 5) is 24.9. The number of rotatable bonds is 4. The van der Waals surface area contributed by atoms with Gasteiger partial charge in [0, 0.05) is 18.2 Å². The zero-order valence-corrected chi connectivity index (χ0v) is 12.3. The number of hydrogen-bond acceptors (Lipinski definition) is 3. The van der Waals surface area contributed by atoms with E-state index in [4.69, 9.17) is 5.11 Å². The molecule has 1 aliphatic rings. The molecule has 1 aliphatic heterocycles. The molecule has 0 saturated carbocycles. The Balaban J connectivity index is 2.02. The van der Waals surface area contributed by atoms with Crippen LogP contribution in [0, 0.1) is 5.92 Å². The first-order valence-corrected chi connectivity index (χ1v) is 7.02. The van der Waals surface area contributed by atoms with E-state index in [0.717, 1.165) is 0 Å². The van der Waals surface area contributed by atoms with Crippen molar-refractivity contribution >= 4 is 11.9 Å². The number of carbonyl (C=O) groups is 2. The molecule has 2 rings (SSSR count). The van der Waals surface area contributed by atoms with E-state index in [2.05, 4.69) is 4.74 Å². The Morgan fingerprint density at radius 1 is 1.30 bits per heavy atom. The fraction of sp³-hybridized carbons (Fsp3) is 0.467. The van der Waals surface area contributed by atoms with Gasteiger partial charge >= 0.3 is 12.1 Å². The van der Waals surface area contributed by atoms with Gasteiger partial charge in [0.2, 0.25) is 0 Å². The summed E-state index contributed by atoms with van der Waals surface area (Å²) in [6.45, 7) is 0.609. The molecule has 1 N–H and O–H groups in total. The first-order chi connectivity index (χ1) is 10.7. The zero-order valence-electron chi connectivity index (χ0n) is 12.3. The number of benzene rings is 1. The van der Waals surface area contributed by atoms with Gasteiger partial charge in [0.15, 0.2) is 6.61 Å². The van der Waals surface area contributed by atoms with Gasteiger partial charge in [-0.2, -0.15) is 13.2 Å². The summed E-state index contributed by atoms with van der Waals surface area (Å²) in [6.07, 6.45) is -4.04. The van der Waals surface area contributed by atoms with Crippen LogP contribution in [-0.2, 0) is 4.79 Å². The highest BCUT2D eigenvalue weighted by atomic mass is 19.4. The third kappa shape index (κ3) is 4.14. The number of carboxylic acid groups (broad SMARTS) is 1. The van der Waals surface area contributed by atoms with Crippen molar-refractivity contribution in [1.29, 1.82) is 0 Å². The highest BCUT2D eigenvalue weighted by Gasteiger charge is 2.38. The summed E-state index contributed by atoms with van der Waals surface area (Å²) in [7, 11) is 0. The second-order valence-corrected chi connectivity index (χ2v) is 5.40. The molecule has 0 spiro atoms. The van der Waals surface area contributed by atoms with E-state index in [0.29, 0.717) is 13.0 Å². The number of aliphatic carboxylic acids is 1. The topological polar surface area (TPSA) is 66.8 Å². The molecule has 1 saturated heterocycles. The maximum atomic E-state index is 12.4.